The molecule has 1 fully saturated rings. The van der Waals surface area contributed by atoms with Crippen LogP contribution in [0.3, 0.4) is 0 Å². The molecule has 1 amide bonds. The molecule has 1 saturated carbocycles. The zero-order valence-electron chi connectivity index (χ0n) is 15.2. The van der Waals surface area contributed by atoms with Crippen molar-refractivity contribution in [3.8, 4) is 5.88 Å². The summed E-state index contributed by atoms with van der Waals surface area (Å²) >= 11 is 6.04. The van der Waals surface area contributed by atoms with Gasteiger partial charge in [0.25, 0.3) is 0 Å². The minimum atomic E-state index is -0.557. The minimum Gasteiger partial charge on any atom is -0.473 e. The Morgan fingerprint density at radius 2 is 2.23 bits per heavy atom. The average Bonchev–Trinajstić information content (AvgIpc) is 3.00. The van der Waals surface area contributed by atoms with E-state index in [1.807, 2.05) is 26.8 Å². The lowest BCUT2D eigenvalue weighted by Gasteiger charge is -2.27. The lowest BCUT2D eigenvalue weighted by molar-refractivity contribution is 0.0603. The van der Waals surface area contributed by atoms with Gasteiger partial charge < -0.3 is 9.47 Å². The van der Waals surface area contributed by atoms with Crippen LogP contribution in [0.15, 0.2) is 23.5 Å². The van der Waals surface area contributed by atoms with Gasteiger partial charge in [0, 0.05) is 6.21 Å². The Hall–Kier alpha value is -2.15. The molecule has 1 aliphatic rings. The number of hydrogen-bond acceptors (Lipinski definition) is 5. The summed E-state index contributed by atoms with van der Waals surface area (Å²) in [5.41, 5.74) is 0.237. The SMILES string of the molecule is CC(C)(C)OC(=O)N=CC1CCC[C@@H](Oc2nc(Cl)cn3nccc23)C1. The van der Waals surface area contributed by atoms with E-state index < -0.39 is 11.7 Å². The van der Waals surface area contributed by atoms with Crippen LogP contribution in [0.5, 0.6) is 5.88 Å². The zero-order chi connectivity index (χ0) is 18.7. The second kappa shape index (κ2) is 7.61. The molecule has 1 aliphatic carbocycles. The van der Waals surface area contributed by atoms with E-state index >= 15 is 0 Å². The molecule has 2 aromatic rings. The third-order valence-electron chi connectivity index (χ3n) is 4.06. The molecule has 0 saturated heterocycles. The summed E-state index contributed by atoms with van der Waals surface area (Å²) in [6.07, 6.45) is 8.08. The number of rotatable bonds is 3. The van der Waals surface area contributed by atoms with Gasteiger partial charge in [0.15, 0.2) is 5.15 Å². The molecule has 0 spiro atoms. The monoisotopic (exact) mass is 378 g/mol. The van der Waals surface area contributed by atoms with E-state index in [-0.39, 0.29) is 12.0 Å². The highest BCUT2D eigenvalue weighted by Gasteiger charge is 2.24. The van der Waals surface area contributed by atoms with Crippen molar-refractivity contribution in [2.45, 2.75) is 58.2 Å². The largest absolute Gasteiger partial charge is 0.473 e. The molecule has 0 radical (unpaired) electrons. The van der Waals surface area contributed by atoms with Crippen LogP contribution in [0.25, 0.3) is 5.52 Å². The average molecular weight is 379 g/mol. The van der Waals surface area contributed by atoms with E-state index in [0.717, 1.165) is 31.2 Å². The van der Waals surface area contributed by atoms with Crippen LogP contribution in [0.1, 0.15) is 46.5 Å². The lowest BCUT2D eigenvalue weighted by atomic mass is 9.88. The van der Waals surface area contributed by atoms with Crippen molar-refractivity contribution in [1.82, 2.24) is 14.6 Å². The number of carbonyl (C=O) groups is 1. The van der Waals surface area contributed by atoms with Gasteiger partial charge in [-0.3, -0.25) is 0 Å². The number of aromatic nitrogens is 3. The van der Waals surface area contributed by atoms with Crippen molar-refractivity contribution in [3.63, 3.8) is 0 Å². The summed E-state index contributed by atoms with van der Waals surface area (Å²) in [7, 11) is 0. The first-order chi connectivity index (χ1) is 12.3. The summed E-state index contributed by atoms with van der Waals surface area (Å²) < 4.78 is 12.9. The standard InChI is InChI=1S/C18H23ClN4O3/c1-18(2,3)26-17(24)20-10-12-5-4-6-13(9-12)25-16-14-7-8-21-23(14)11-15(19)22-16/h7-8,10-13H,4-6,9H2,1-3H3/t12?,13-/m1/s1. The molecule has 140 valence electrons. The van der Waals surface area contributed by atoms with Crippen LogP contribution < -0.4 is 4.74 Å². The van der Waals surface area contributed by atoms with E-state index in [1.54, 1.807) is 23.1 Å². The summed E-state index contributed by atoms with van der Waals surface area (Å²) in [6, 6.07) is 1.84. The molecule has 26 heavy (non-hydrogen) atoms. The predicted molar refractivity (Wildman–Crippen MR) is 99.1 cm³/mol. The van der Waals surface area contributed by atoms with Crippen LogP contribution in [0, 0.1) is 5.92 Å². The van der Waals surface area contributed by atoms with Crippen molar-refractivity contribution in [1.29, 1.82) is 0 Å². The first-order valence-corrected chi connectivity index (χ1v) is 9.12. The molecule has 2 atom stereocenters. The highest BCUT2D eigenvalue weighted by molar-refractivity contribution is 6.29. The van der Waals surface area contributed by atoms with E-state index in [4.69, 9.17) is 21.1 Å². The molecular formula is C18H23ClN4O3. The van der Waals surface area contributed by atoms with Gasteiger partial charge >= 0.3 is 6.09 Å². The van der Waals surface area contributed by atoms with Gasteiger partial charge in [-0.2, -0.15) is 15.1 Å². The van der Waals surface area contributed by atoms with Crippen molar-refractivity contribution < 1.29 is 14.3 Å². The molecule has 0 aromatic carbocycles. The van der Waals surface area contributed by atoms with Crippen LogP contribution >= 0.6 is 11.6 Å². The lowest BCUT2D eigenvalue weighted by Crippen LogP contribution is -2.27. The van der Waals surface area contributed by atoms with Crippen LogP contribution in [0.2, 0.25) is 5.15 Å². The van der Waals surface area contributed by atoms with Crippen molar-refractivity contribution in [3.05, 3.63) is 23.6 Å². The number of halogens is 1. The fraction of sp³-hybridized carbons (Fsp3) is 0.556. The van der Waals surface area contributed by atoms with E-state index in [0.29, 0.717) is 11.0 Å². The van der Waals surface area contributed by atoms with Crippen molar-refractivity contribution in [2.75, 3.05) is 0 Å². The Morgan fingerprint density at radius 3 is 3.00 bits per heavy atom. The Balaban J connectivity index is 1.63. The van der Waals surface area contributed by atoms with Gasteiger partial charge in [0.05, 0.1) is 12.4 Å². The zero-order valence-corrected chi connectivity index (χ0v) is 15.9. The van der Waals surface area contributed by atoms with Crippen LogP contribution in [-0.2, 0) is 4.74 Å². The Morgan fingerprint density at radius 1 is 1.42 bits per heavy atom. The van der Waals surface area contributed by atoms with Crippen LogP contribution in [0.4, 0.5) is 4.79 Å². The van der Waals surface area contributed by atoms with Gasteiger partial charge in [-0.25, -0.2) is 9.31 Å². The third-order valence-corrected chi connectivity index (χ3v) is 4.24. The number of nitrogens with zero attached hydrogens (tertiary/aromatic N) is 4. The summed E-state index contributed by atoms with van der Waals surface area (Å²) in [4.78, 5) is 20.0. The summed E-state index contributed by atoms with van der Waals surface area (Å²) in [6.45, 7) is 5.46. The maximum Gasteiger partial charge on any atom is 0.433 e. The topological polar surface area (TPSA) is 78.1 Å². The molecule has 0 bridgehead atoms. The summed E-state index contributed by atoms with van der Waals surface area (Å²) in [5.74, 6) is 0.645. The molecule has 8 heteroatoms. The Kier molecular flexibility index (Phi) is 5.46. The highest BCUT2D eigenvalue weighted by Crippen LogP contribution is 2.29. The molecule has 1 unspecified atom stereocenters. The normalized spacial score (nSPS) is 21.2. The second-order valence-corrected chi connectivity index (χ2v) is 7.84. The number of fused-ring (bicyclic) bond motifs is 1. The van der Waals surface area contributed by atoms with Crippen molar-refractivity contribution >= 4 is 29.4 Å². The van der Waals surface area contributed by atoms with Gasteiger partial charge in [-0.1, -0.05) is 11.6 Å². The predicted octanol–water partition coefficient (Wildman–Crippen LogP) is 4.33. The number of amides is 1. The Labute approximate surface area is 157 Å². The maximum atomic E-state index is 11.7. The van der Waals surface area contributed by atoms with Crippen molar-refractivity contribution in [2.24, 2.45) is 10.9 Å². The fourth-order valence-electron chi connectivity index (χ4n) is 2.99. The molecule has 0 N–H and O–H groups in total. The van der Waals surface area contributed by atoms with Gasteiger partial charge in [-0.15, -0.1) is 0 Å². The first-order valence-electron chi connectivity index (χ1n) is 8.74. The number of ether oxygens (including phenoxy) is 2. The highest BCUT2D eigenvalue weighted by atomic mass is 35.5. The number of carbonyl (C=O) groups excluding carboxylic acids is 1. The third kappa shape index (κ3) is 4.94. The maximum absolute atomic E-state index is 11.7. The molecule has 2 heterocycles. The van der Waals surface area contributed by atoms with E-state index in [9.17, 15) is 4.79 Å². The van der Waals surface area contributed by atoms with E-state index in [2.05, 4.69) is 15.1 Å². The molecule has 3 rings (SSSR count). The number of hydrogen-bond donors (Lipinski definition) is 0. The van der Waals surface area contributed by atoms with Gasteiger partial charge in [-0.05, 0) is 58.4 Å². The fourth-order valence-corrected chi connectivity index (χ4v) is 3.16. The smallest absolute Gasteiger partial charge is 0.433 e. The Bertz CT molecular complexity index is 812. The number of aliphatic imine (C=N–C) groups is 1. The quantitative estimate of drug-likeness (QED) is 0.743. The first kappa shape index (κ1) is 18.6. The summed E-state index contributed by atoms with van der Waals surface area (Å²) in [5, 5.41) is 4.49. The van der Waals surface area contributed by atoms with Gasteiger partial charge in [0.1, 0.15) is 17.2 Å². The molecule has 7 nitrogen and oxygen atoms in total. The van der Waals surface area contributed by atoms with E-state index in [1.165, 1.54) is 0 Å². The van der Waals surface area contributed by atoms with Crippen LogP contribution in [-0.4, -0.2) is 38.6 Å². The molecule has 0 aliphatic heterocycles. The molecular weight excluding hydrogens is 356 g/mol. The molecule has 2 aromatic heterocycles. The second-order valence-electron chi connectivity index (χ2n) is 7.45. The van der Waals surface area contributed by atoms with Gasteiger partial charge in [0.2, 0.25) is 5.88 Å². The minimum absolute atomic E-state index is 0.0106.